The number of ether oxygens (including phenoxy) is 2. The number of hydrogen-bond donors (Lipinski definition) is 5. The second-order valence-electron chi connectivity index (χ2n) is 11.3. The number of hydrogen-bond acceptors (Lipinski definition) is 11. The van der Waals surface area contributed by atoms with Crippen LogP contribution in [0.3, 0.4) is 0 Å². The van der Waals surface area contributed by atoms with Gasteiger partial charge in [0.25, 0.3) is 5.91 Å². The minimum atomic E-state index is -1.41. The van der Waals surface area contributed by atoms with Crippen LogP contribution in [0.4, 0.5) is 10.6 Å². The van der Waals surface area contributed by atoms with E-state index < -0.39 is 30.4 Å². The molecule has 5 heterocycles. The lowest BCUT2D eigenvalue weighted by molar-refractivity contribution is -0.137. The molecule has 3 saturated heterocycles. The number of imidazole rings is 1. The lowest BCUT2D eigenvalue weighted by Gasteiger charge is -2.30. The molecule has 1 aliphatic carbocycles. The van der Waals surface area contributed by atoms with Crippen molar-refractivity contribution in [2.75, 3.05) is 38.5 Å². The highest BCUT2D eigenvalue weighted by Gasteiger charge is 2.48. The number of rotatable bonds is 6. The molecule has 2 aromatic rings. The summed E-state index contributed by atoms with van der Waals surface area (Å²) in [5.41, 5.74) is 6.71. The Morgan fingerprint density at radius 3 is 2.60 bits per heavy atom. The molecule has 6 rings (SSSR count). The topological polar surface area (TPSA) is 190 Å². The first kappa shape index (κ1) is 30.9. The third kappa shape index (κ3) is 7.18. The molecule has 3 aliphatic heterocycles. The number of anilines is 1. The van der Waals surface area contributed by atoms with Crippen LogP contribution in [0.1, 0.15) is 64.4 Å². The lowest BCUT2D eigenvalue weighted by atomic mass is 9.94. The maximum atomic E-state index is 12.5. The summed E-state index contributed by atoms with van der Waals surface area (Å²) < 4.78 is 12.7. The van der Waals surface area contributed by atoms with Crippen molar-refractivity contribution in [1.29, 1.82) is 0 Å². The number of carbonyl (C=O) groups is 2. The molecule has 0 aromatic carbocycles. The number of likely N-dealkylation sites (tertiary alicyclic amines) is 1. The van der Waals surface area contributed by atoms with Crippen LogP contribution < -0.4 is 16.4 Å². The Hall–Kier alpha value is -3.51. The lowest BCUT2D eigenvalue weighted by Crippen LogP contribution is -2.43. The van der Waals surface area contributed by atoms with Gasteiger partial charge in [-0.2, -0.15) is 0 Å². The van der Waals surface area contributed by atoms with E-state index in [1.54, 1.807) is 4.90 Å². The van der Waals surface area contributed by atoms with E-state index in [-0.39, 0.29) is 29.4 Å². The van der Waals surface area contributed by atoms with Crippen LogP contribution in [0.5, 0.6) is 0 Å². The maximum absolute atomic E-state index is 12.5. The van der Waals surface area contributed by atoms with Crippen LogP contribution in [-0.2, 0) is 14.3 Å². The molecular formula is C29H42N8O6. The first-order chi connectivity index (χ1) is 20.9. The van der Waals surface area contributed by atoms with Crippen LogP contribution >= 0.6 is 0 Å². The average molecular weight is 599 g/mol. The molecule has 2 unspecified atom stereocenters. The van der Waals surface area contributed by atoms with E-state index in [2.05, 4.69) is 37.4 Å². The van der Waals surface area contributed by atoms with Gasteiger partial charge in [0.15, 0.2) is 23.8 Å². The van der Waals surface area contributed by atoms with Crippen molar-refractivity contribution < 1.29 is 29.3 Å². The van der Waals surface area contributed by atoms with Crippen molar-refractivity contribution >= 4 is 29.0 Å². The zero-order valence-electron chi connectivity index (χ0n) is 24.7. The van der Waals surface area contributed by atoms with Gasteiger partial charge in [-0.25, -0.2) is 19.7 Å². The predicted molar refractivity (Wildman–Crippen MR) is 156 cm³/mol. The summed E-state index contributed by atoms with van der Waals surface area (Å²) in [7, 11) is 0. The van der Waals surface area contributed by atoms with E-state index >= 15 is 0 Å². The second kappa shape index (κ2) is 13.9. The maximum Gasteiger partial charge on any atom is 0.409 e. The Balaban J connectivity index is 0.00000180. The van der Waals surface area contributed by atoms with Gasteiger partial charge in [0, 0.05) is 38.0 Å². The van der Waals surface area contributed by atoms with Crippen molar-refractivity contribution in [3.05, 3.63) is 12.2 Å². The van der Waals surface area contributed by atoms with Gasteiger partial charge in [-0.05, 0) is 50.5 Å². The first-order valence-corrected chi connectivity index (χ1v) is 15.3. The number of amides is 2. The summed E-state index contributed by atoms with van der Waals surface area (Å²) in [4.78, 5) is 39.6. The molecule has 43 heavy (non-hydrogen) atoms. The SMILES string of the molecule is CC.Nc1nc(C#CCC2CCN(C(=O)OCC3CCNC3)CC2)nc2c1ncn2[C@@H]1O[C@H](C(=O)NC2CC2)C(O)[C@@H]1O. The van der Waals surface area contributed by atoms with E-state index in [0.29, 0.717) is 43.5 Å². The van der Waals surface area contributed by atoms with Gasteiger partial charge in [-0.15, -0.1) is 0 Å². The highest BCUT2D eigenvalue weighted by molar-refractivity contribution is 5.83. The second-order valence-corrected chi connectivity index (χ2v) is 11.3. The number of fused-ring (bicyclic) bond motifs is 1. The highest BCUT2D eigenvalue weighted by Crippen LogP contribution is 2.33. The molecule has 5 atom stereocenters. The quantitative estimate of drug-likeness (QED) is 0.292. The number of piperidine rings is 1. The number of nitrogen functional groups attached to an aromatic ring is 1. The molecule has 4 aliphatic rings. The van der Waals surface area contributed by atoms with Gasteiger partial charge >= 0.3 is 6.09 Å². The molecule has 2 aromatic heterocycles. The van der Waals surface area contributed by atoms with Crippen molar-refractivity contribution in [3.63, 3.8) is 0 Å². The number of nitrogens with two attached hydrogens (primary N) is 1. The fraction of sp³-hybridized carbons (Fsp3) is 0.690. The summed E-state index contributed by atoms with van der Waals surface area (Å²) >= 11 is 0. The van der Waals surface area contributed by atoms with Gasteiger partial charge < -0.3 is 41.0 Å². The Morgan fingerprint density at radius 1 is 1.14 bits per heavy atom. The van der Waals surface area contributed by atoms with Crippen LogP contribution in [0.25, 0.3) is 11.2 Å². The third-order valence-electron chi connectivity index (χ3n) is 8.21. The number of aliphatic hydroxyl groups is 2. The number of nitrogens with zero attached hydrogens (tertiary/aromatic N) is 5. The van der Waals surface area contributed by atoms with E-state index in [1.165, 1.54) is 10.9 Å². The molecule has 0 radical (unpaired) electrons. The molecule has 4 fully saturated rings. The van der Waals surface area contributed by atoms with Crippen LogP contribution in [0, 0.1) is 23.7 Å². The van der Waals surface area contributed by atoms with Crippen molar-refractivity contribution in [2.45, 2.75) is 83.0 Å². The number of aliphatic hydroxyl groups excluding tert-OH is 2. The fourth-order valence-corrected chi connectivity index (χ4v) is 5.53. The Labute approximate surface area is 250 Å². The summed E-state index contributed by atoms with van der Waals surface area (Å²) in [5, 5.41) is 27.2. The van der Waals surface area contributed by atoms with E-state index in [9.17, 15) is 19.8 Å². The summed E-state index contributed by atoms with van der Waals surface area (Å²) in [6.07, 6.45) is 1.14. The highest BCUT2D eigenvalue weighted by atomic mass is 16.6. The van der Waals surface area contributed by atoms with Gasteiger partial charge in [-0.3, -0.25) is 9.36 Å². The Morgan fingerprint density at radius 2 is 1.91 bits per heavy atom. The molecule has 14 heteroatoms. The smallest absolute Gasteiger partial charge is 0.409 e. The predicted octanol–water partition coefficient (Wildman–Crippen LogP) is 0.532. The summed E-state index contributed by atoms with van der Waals surface area (Å²) in [6.45, 7) is 7.62. The standard InChI is InChI=1S/C27H36N8O6.C2H6/c28-23-19-24(35(14-30-19)26-21(37)20(36)22(41-26)25(38)31-17-4-5-17)33-18(32-23)3-1-2-15-7-10-34(11-8-15)27(39)40-13-16-6-9-29-12-16;1-2/h14-17,20-22,26,29,36-37H,2,4-13H2,(H,31,38)(H2,28,32,33);1-2H3/t16?,20?,21-,22-,26+;/m0./s1. The number of aromatic nitrogens is 4. The van der Waals surface area contributed by atoms with Crippen molar-refractivity contribution in [2.24, 2.45) is 11.8 Å². The van der Waals surface area contributed by atoms with Gasteiger partial charge in [0.2, 0.25) is 5.82 Å². The monoisotopic (exact) mass is 598 g/mol. The van der Waals surface area contributed by atoms with E-state index in [1.807, 2.05) is 13.8 Å². The largest absolute Gasteiger partial charge is 0.449 e. The Bertz CT molecular complexity index is 1340. The van der Waals surface area contributed by atoms with E-state index in [0.717, 1.165) is 45.2 Å². The van der Waals surface area contributed by atoms with Crippen molar-refractivity contribution in [3.8, 4) is 11.8 Å². The minimum Gasteiger partial charge on any atom is -0.449 e. The summed E-state index contributed by atoms with van der Waals surface area (Å²) in [5.74, 6) is 6.69. The van der Waals surface area contributed by atoms with E-state index in [4.69, 9.17) is 15.2 Å². The molecule has 234 valence electrons. The van der Waals surface area contributed by atoms with Crippen molar-refractivity contribution in [1.82, 2.24) is 35.1 Å². The van der Waals surface area contributed by atoms with Gasteiger partial charge in [0.1, 0.15) is 17.7 Å². The van der Waals surface area contributed by atoms with Crippen LogP contribution in [0.2, 0.25) is 0 Å². The molecule has 6 N–H and O–H groups in total. The first-order valence-electron chi connectivity index (χ1n) is 15.3. The minimum absolute atomic E-state index is 0.0884. The zero-order valence-corrected chi connectivity index (χ0v) is 24.7. The van der Waals surface area contributed by atoms with Crippen LogP contribution in [-0.4, -0.2) is 104 Å². The average Bonchev–Trinajstić information content (AvgIpc) is 3.37. The molecule has 1 saturated carbocycles. The molecule has 0 bridgehead atoms. The van der Waals surface area contributed by atoms with Crippen LogP contribution in [0.15, 0.2) is 6.33 Å². The van der Waals surface area contributed by atoms with Gasteiger partial charge in [0.05, 0.1) is 12.9 Å². The Kier molecular flexibility index (Phi) is 9.97. The molecule has 2 amide bonds. The molecular weight excluding hydrogens is 556 g/mol. The normalized spacial score (nSPS) is 27.3. The van der Waals surface area contributed by atoms with Gasteiger partial charge in [-0.1, -0.05) is 19.8 Å². The number of nitrogens with one attached hydrogen (secondary N) is 2. The number of carbonyl (C=O) groups excluding carboxylic acids is 2. The third-order valence-corrected chi connectivity index (χ3v) is 8.21. The molecule has 0 spiro atoms. The zero-order chi connectivity index (χ0) is 30.5. The summed E-state index contributed by atoms with van der Waals surface area (Å²) in [6, 6.07) is 0.0884. The molecule has 14 nitrogen and oxygen atoms in total. The fourth-order valence-electron chi connectivity index (χ4n) is 5.53.